The van der Waals surface area contributed by atoms with Gasteiger partial charge in [-0.05, 0) is 36.2 Å². The Balaban J connectivity index is 0.000000203. The molecule has 0 saturated heterocycles. The van der Waals surface area contributed by atoms with Gasteiger partial charge in [0.1, 0.15) is 5.75 Å². The molecule has 35 heavy (non-hydrogen) atoms. The highest BCUT2D eigenvalue weighted by atomic mass is 35.5. The number of aliphatic hydroxyl groups is 1. The van der Waals surface area contributed by atoms with E-state index in [4.69, 9.17) is 21.4 Å². The van der Waals surface area contributed by atoms with Crippen molar-refractivity contribution in [1.82, 2.24) is 0 Å². The Labute approximate surface area is 211 Å². The molecule has 4 nitrogen and oxygen atoms in total. The lowest BCUT2D eigenvalue weighted by atomic mass is 10.0. The zero-order valence-corrected chi connectivity index (χ0v) is 20.6. The number of carbonyl (C=O) groups is 2. The lowest BCUT2D eigenvalue weighted by Crippen LogP contribution is -2.03. The molecule has 0 fully saturated rings. The molecule has 0 heterocycles. The molecule has 180 valence electrons. The van der Waals surface area contributed by atoms with Crippen LogP contribution in [0.4, 0.5) is 0 Å². The van der Waals surface area contributed by atoms with Crippen molar-refractivity contribution in [3.05, 3.63) is 136 Å². The van der Waals surface area contributed by atoms with Crippen molar-refractivity contribution in [2.75, 3.05) is 7.11 Å². The van der Waals surface area contributed by atoms with E-state index in [9.17, 15) is 9.59 Å². The van der Waals surface area contributed by atoms with Crippen LogP contribution in [-0.4, -0.2) is 23.8 Å². The summed E-state index contributed by atoms with van der Waals surface area (Å²) in [5, 5.41) is 9.73. The Morgan fingerprint density at radius 2 is 1.31 bits per heavy atom. The molecule has 0 aromatic heterocycles. The third-order valence-electron chi connectivity index (χ3n) is 4.85. The maximum absolute atomic E-state index is 12.0. The van der Waals surface area contributed by atoms with Gasteiger partial charge < -0.3 is 9.84 Å². The molecule has 5 heteroatoms. The Bertz CT molecular complexity index is 1190. The fraction of sp³-hybridized carbons (Fsp3) is 0.133. The predicted molar refractivity (Wildman–Crippen MR) is 141 cm³/mol. The van der Waals surface area contributed by atoms with Crippen molar-refractivity contribution >= 4 is 23.2 Å². The monoisotopic (exact) mass is 488 g/mol. The first kappa shape index (κ1) is 27.5. The number of Topliss-reactive ketones (excluding diaryl/α,β-unsaturated/α-hetero) is 2. The van der Waals surface area contributed by atoms with Crippen LogP contribution >= 0.6 is 11.6 Å². The summed E-state index contributed by atoms with van der Waals surface area (Å²) in [6.45, 7) is 1.57. The summed E-state index contributed by atoms with van der Waals surface area (Å²) < 4.78 is 4.91. The molecule has 0 radical (unpaired) electrons. The highest BCUT2D eigenvalue weighted by Crippen LogP contribution is 2.16. The summed E-state index contributed by atoms with van der Waals surface area (Å²) in [5.41, 5.74) is 3.27. The van der Waals surface area contributed by atoms with Crippen LogP contribution < -0.4 is 4.74 Å². The van der Waals surface area contributed by atoms with Crippen LogP contribution in [-0.2, 0) is 13.0 Å². The van der Waals surface area contributed by atoms with Crippen molar-refractivity contribution in [1.29, 1.82) is 0 Å². The first-order chi connectivity index (χ1) is 16.9. The van der Waals surface area contributed by atoms with Crippen molar-refractivity contribution in [3.8, 4) is 5.75 Å². The van der Waals surface area contributed by atoms with Crippen LogP contribution in [0.3, 0.4) is 0 Å². The molecule has 4 rings (SSSR count). The maximum Gasteiger partial charge on any atom is 0.167 e. The quantitative estimate of drug-likeness (QED) is 0.302. The average molecular weight is 489 g/mol. The van der Waals surface area contributed by atoms with Crippen molar-refractivity contribution in [2.24, 2.45) is 0 Å². The third-order valence-corrected chi connectivity index (χ3v) is 5.08. The molecule has 0 amide bonds. The number of carbonyl (C=O) groups excluding carboxylic acids is 2. The summed E-state index contributed by atoms with van der Waals surface area (Å²) in [7, 11) is 1.62. The number of benzene rings is 4. The van der Waals surface area contributed by atoms with E-state index >= 15 is 0 Å². The maximum atomic E-state index is 12.0. The number of hydrogen-bond donors (Lipinski definition) is 1. The molecule has 0 aliphatic carbocycles. The Kier molecular flexibility index (Phi) is 12.0. The molecule has 0 atom stereocenters. The van der Waals surface area contributed by atoms with E-state index in [1.165, 1.54) is 0 Å². The van der Waals surface area contributed by atoms with Gasteiger partial charge in [-0.1, -0.05) is 103 Å². The SMILES string of the molecule is CC(=O)c1ccccc1.COc1cccc(Cl)c1.O=C(Cc1cccc(CO)c1)c1ccccc1. The standard InChI is InChI=1S/C15H14O2.C8H8O.C7H7ClO/c16-11-13-6-4-5-12(9-13)10-15(17)14-7-2-1-3-8-14;1-7(9)8-5-3-2-4-6-8;1-9-7-4-2-3-6(8)5-7/h1-9,16H,10-11H2;2-6H,1H3;2-5H,1H3. The zero-order valence-electron chi connectivity index (χ0n) is 19.9. The Morgan fingerprint density at radius 3 is 1.80 bits per heavy atom. The minimum absolute atomic E-state index is 0.00731. The Hall–Kier alpha value is -3.73. The number of hydrogen-bond acceptors (Lipinski definition) is 4. The minimum Gasteiger partial charge on any atom is -0.497 e. The lowest BCUT2D eigenvalue weighted by molar-refractivity contribution is 0.0990. The third kappa shape index (κ3) is 10.4. The summed E-state index contributed by atoms with van der Waals surface area (Å²) in [4.78, 5) is 22.6. The van der Waals surface area contributed by atoms with Gasteiger partial charge in [-0.25, -0.2) is 0 Å². The molecule has 0 unspecified atom stereocenters. The van der Waals surface area contributed by atoms with Gasteiger partial charge in [0.05, 0.1) is 13.7 Å². The first-order valence-electron chi connectivity index (χ1n) is 11.1. The van der Waals surface area contributed by atoms with Crippen LogP contribution in [0.25, 0.3) is 0 Å². The summed E-state index contributed by atoms with van der Waals surface area (Å²) in [6, 6.07) is 33.2. The second kappa shape index (κ2) is 15.2. The van der Waals surface area contributed by atoms with Crippen LogP contribution in [0.1, 0.15) is 38.8 Å². The van der Waals surface area contributed by atoms with Gasteiger partial charge in [0.15, 0.2) is 11.6 Å². The van der Waals surface area contributed by atoms with E-state index in [2.05, 4.69) is 0 Å². The first-order valence-corrected chi connectivity index (χ1v) is 11.4. The predicted octanol–water partition coefficient (Wildman–Crippen LogP) is 6.84. The molecule has 0 aliphatic rings. The number of halogens is 1. The van der Waals surface area contributed by atoms with Gasteiger partial charge >= 0.3 is 0 Å². The summed E-state index contributed by atoms with van der Waals surface area (Å²) >= 11 is 5.64. The molecule has 4 aromatic carbocycles. The highest BCUT2D eigenvalue weighted by molar-refractivity contribution is 6.30. The van der Waals surface area contributed by atoms with E-state index in [1.807, 2.05) is 103 Å². The van der Waals surface area contributed by atoms with Gasteiger partial charge in [-0.2, -0.15) is 0 Å². The van der Waals surface area contributed by atoms with Gasteiger partial charge in [0.2, 0.25) is 0 Å². The Morgan fingerprint density at radius 1 is 0.743 bits per heavy atom. The smallest absolute Gasteiger partial charge is 0.167 e. The van der Waals surface area contributed by atoms with Crippen LogP contribution in [0.15, 0.2) is 109 Å². The van der Waals surface area contributed by atoms with Crippen molar-refractivity contribution < 1.29 is 19.4 Å². The fourth-order valence-corrected chi connectivity index (χ4v) is 3.20. The number of ketones is 2. The van der Waals surface area contributed by atoms with Gasteiger partial charge in [0, 0.05) is 22.6 Å². The number of ether oxygens (including phenoxy) is 1. The van der Waals surface area contributed by atoms with Gasteiger partial charge in [-0.15, -0.1) is 0 Å². The zero-order chi connectivity index (χ0) is 25.5. The minimum atomic E-state index is 0.00731. The molecular weight excluding hydrogens is 460 g/mol. The fourth-order valence-electron chi connectivity index (χ4n) is 3.02. The normalized spacial score (nSPS) is 9.60. The second-order valence-corrected chi connectivity index (χ2v) is 7.96. The lowest BCUT2D eigenvalue weighted by Gasteiger charge is -2.03. The topological polar surface area (TPSA) is 63.6 Å². The average Bonchev–Trinajstić information content (AvgIpc) is 2.90. The summed E-state index contributed by atoms with van der Waals surface area (Å²) in [5.74, 6) is 1.01. The largest absolute Gasteiger partial charge is 0.497 e. The van der Waals surface area contributed by atoms with Gasteiger partial charge in [0.25, 0.3) is 0 Å². The molecule has 0 saturated carbocycles. The van der Waals surface area contributed by atoms with Crippen LogP contribution in [0, 0.1) is 0 Å². The van der Waals surface area contributed by atoms with E-state index in [-0.39, 0.29) is 18.2 Å². The van der Waals surface area contributed by atoms with Crippen LogP contribution in [0.2, 0.25) is 5.02 Å². The number of methoxy groups -OCH3 is 1. The van der Waals surface area contributed by atoms with E-state index in [0.717, 1.165) is 28.0 Å². The van der Waals surface area contributed by atoms with Crippen molar-refractivity contribution in [2.45, 2.75) is 20.0 Å². The van der Waals surface area contributed by atoms with E-state index in [0.29, 0.717) is 11.4 Å². The van der Waals surface area contributed by atoms with E-state index < -0.39 is 0 Å². The highest BCUT2D eigenvalue weighted by Gasteiger charge is 2.06. The summed E-state index contributed by atoms with van der Waals surface area (Å²) in [6.07, 6.45) is 0.373. The molecule has 0 bridgehead atoms. The second-order valence-electron chi connectivity index (χ2n) is 7.53. The van der Waals surface area contributed by atoms with Crippen molar-refractivity contribution in [3.63, 3.8) is 0 Å². The molecule has 0 aliphatic heterocycles. The van der Waals surface area contributed by atoms with Gasteiger partial charge in [-0.3, -0.25) is 9.59 Å². The van der Waals surface area contributed by atoms with E-state index in [1.54, 1.807) is 20.1 Å². The molecular formula is C30H29ClO4. The molecule has 0 spiro atoms. The van der Waals surface area contributed by atoms with Crippen LogP contribution in [0.5, 0.6) is 5.75 Å². The molecule has 4 aromatic rings. The number of aliphatic hydroxyl groups excluding tert-OH is 1. The molecule has 1 N–H and O–H groups in total. The number of rotatable bonds is 6.